The van der Waals surface area contributed by atoms with Gasteiger partial charge in [0.25, 0.3) is 0 Å². The number of fused-ring (bicyclic) bond motifs is 2. The standard InChI is InChI=1S/C19H23F2NO3/c1-19(2,3)25-18(23)22-14-8-12(9-15(22)11-24-10-14)7-13-5-4-6-16(20)17(13)21/h4-6,8,14-15H,7,9-11H2,1-3H3. The maximum atomic E-state index is 13.9. The van der Waals surface area contributed by atoms with Gasteiger partial charge < -0.3 is 9.47 Å². The van der Waals surface area contributed by atoms with Crippen molar-refractivity contribution in [2.45, 2.75) is 51.3 Å². The number of amides is 1. The van der Waals surface area contributed by atoms with Crippen LogP contribution < -0.4 is 0 Å². The Morgan fingerprint density at radius 3 is 2.76 bits per heavy atom. The van der Waals surface area contributed by atoms with E-state index in [0.717, 1.165) is 11.6 Å². The lowest BCUT2D eigenvalue weighted by Gasteiger charge is -2.44. The zero-order chi connectivity index (χ0) is 18.2. The summed E-state index contributed by atoms with van der Waals surface area (Å²) in [4.78, 5) is 14.2. The molecule has 1 saturated heterocycles. The highest BCUT2D eigenvalue weighted by atomic mass is 19.2. The second-order valence-corrected chi connectivity index (χ2v) is 7.56. The van der Waals surface area contributed by atoms with E-state index < -0.39 is 17.2 Å². The SMILES string of the molecule is CC(C)(C)OC(=O)N1C2C=C(Cc3cccc(F)c3F)CC1COC2. The van der Waals surface area contributed by atoms with Crippen molar-refractivity contribution in [1.82, 2.24) is 4.90 Å². The van der Waals surface area contributed by atoms with E-state index in [0.29, 0.717) is 31.6 Å². The Labute approximate surface area is 146 Å². The molecular formula is C19H23F2NO3. The minimum atomic E-state index is -0.840. The molecule has 25 heavy (non-hydrogen) atoms. The molecule has 1 fully saturated rings. The summed E-state index contributed by atoms with van der Waals surface area (Å²) >= 11 is 0. The molecular weight excluding hydrogens is 328 g/mol. The van der Waals surface area contributed by atoms with Gasteiger partial charge in [0.1, 0.15) is 5.60 Å². The van der Waals surface area contributed by atoms with Crippen molar-refractivity contribution in [1.29, 1.82) is 0 Å². The third kappa shape index (κ3) is 4.00. The lowest BCUT2D eigenvalue weighted by atomic mass is 9.90. The molecule has 0 N–H and O–H groups in total. The van der Waals surface area contributed by atoms with Crippen LogP contribution in [0.5, 0.6) is 0 Å². The van der Waals surface area contributed by atoms with Crippen molar-refractivity contribution in [3.63, 3.8) is 0 Å². The largest absolute Gasteiger partial charge is 0.444 e. The van der Waals surface area contributed by atoms with Crippen LogP contribution in [0, 0.1) is 11.6 Å². The number of carbonyl (C=O) groups excluding carboxylic acids is 1. The molecule has 2 atom stereocenters. The van der Waals surface area contributed by atoms with Gasteiger partial charge in [0, 0.05) is 0 Å². The van der Waals surface area contributed by atoms with E-state index in [-0.39, 0.29) is 18.2 Å². The summed E-state index contributed by atoms with van der Waals surface area (Å²) in [5.41, 5.74) is 0.750. The minimum absolute atomic E-state index is 0.148. The van der Waals surface area contributed by atoms with Crippen LogP contribution in [0.2, 0.25) is 0 Å². The first-order chi connectivity index (χ1) is 11.7. The number of halogens is 2. The monoisotopic (exact) mass is 351 g/mol. The smallest absolute Gasteiger partial charge is 0.411 e. The van der Waals surface area contributed by atoms with Crippen molar-refractivity contribution < 1.29 is 23.0 Å². The quantitative estimate of drug-likeness (QED) is 0.760. The van der Waals surface area contributed by atoms with E-state index in [1.165, 1.54) is 6.07 Å². The number of morpholine rings is 1. The molecule has 2 aliphatic heterocycles. The first-order valence-corrected chi connectivity index (χ1v) is 8.46. The van der Waals surface area contributed by atoms with Gasteiger partial charge >= 0.3 is 6.09 Å². The Morgan fingerprint density at radius 1 is 1.32 bits per heavy atom. The van der Waals surface area contributed by atoms with Crippen LogP contribution >= 0.6 is 0 Å². The number of hydrogen-bond acceptors (Lipinski definition) is 3. The number of nitrogens with zero attached hydrogens (tertiary/aromatic N) is 1. The topological polar surface area (TPSA) is 38.8 Å². The summed E-state index contributed by atoms with van der Waals surface area (Å²) in [6.07, 6.45) is 2.45. The number of carbonyl (C=O) groups is 1. The third-order valence-electron chi connectivity index (χ3n) is 4.33. The van der Waals surface area contributed by atoms with E-state index in [4.69, 9.17) is 9.47 Å². The van der Waals surface area contributed by atoms with Crippen LogP contribution in [0.3, 0.4) is 0 Å². The van der Waals surface area contributed by atoms with E-state index in [9.17, 15) is 13.6 Å². The summed E-state index contributed by atoms with van der Waals surface area (Å²) in [7, 11) is 0. The predicted molar refractivity (Wildman–Crippen MR) is 89.2 cm³/mol. The van der Waals surface area contributed by atoms with Gasteiger partial charge in [-0.15, -0.1) is 0 Å². The fourth-order valence-electron chi connectivity index (χ4n) is 3.34. The van der Waals surface area contributed by atoms with Gasteiger partial charge in [0.05, 0.1) is 25.3 Å². The summed E-state index contributed by atoms with van der Waals surface area (Å²) in [6, 6.07) is 3.82. The predicted octanol–water partition coefficient (Wildman–Crippen LogP) is 3.84. The molecule has 0 spiro atoms. The van der Waals surface area contributed by atoms with Gasteiger partial charge in [-0.2, -0.15) is 0 Å². The first kappa shape index (κ1) is 17.9. The number of rotatable bonds is 2. The Hall–Kier alpha value is -1.95. The second-order valence-electron chi connectivity index (χ2n) is 7.56. The van der Waals surface area contributed by atoms with Crippen molar-refractivity contribution in [3.05, 3.63) is 47.0 Å². The molecule has 136 valence electrons. The second kappa shape index (κ2) is 6.75. The lowest BCUT2D eigenvalue weighted by Crippen LogP contribution is -2.57. The average molecular weight is 351 g/mol. The highest BCUT2D eigenvalue weighted by molar-refractivity contribution is 5.70. The summed E-state index contributed by atoms with van der Waals surface area (Å²) in [5.74, 6) is -1.65. The fraction of sp³-hybridized carbons (Fsp3) is 0.526. The molecule has 2 unspecified atom stereocenters. The van der Waals surface area contributed by atoms with E-state index >= 15 is 0 Å². The molecule has 2 aliphatic rings. The van der Waals surface area contributed by atoms with Crippen LogP contribution in [-0.2, 0) is 15.9 Å². The third-order valence-corrected chi connectivity index (χ3v) is 4.33. The molecule has 2 heterocycles. The molecule has 0 radical (unpaired) electrons. The van der Waals surface area contributed by atoms with Crippen molar-refractivity contribution >= 4 is 6.09 Å². The maximum Gasteiger partial charge on any atom is 0.411 e. The maximum absolute atomic E-state index is 13.9. The molecule has 1 aromatic rings. The number of ether oxygens (including phenoxy) is 2. The van der Waals surface area contributed by atoms with Gasteiger partial charge in [0.2, 0.25) is 0 Å². The molecule has 2 bridgehead atoms. The summed E-state index contributed by atoms with van der Waals surface area (Å²) < 4.78 is 38.4. The molecule has 3 rings (SSSR count). The Bertz CT molecular complexity index is 696. The lowest BCUT2D eigenvalue weighted by molar-refractivity contribution is -0.0536. The van der Waals surface area contributed by atoms with Crippen LogP contribution in [0.15, 0.2) is 29.8 Å². The van der Waals surface area contributed by atoms with Crippen LogP contribution in [-0.4, -0.2) is 41.9 Å². The fourth-order valence-corrected chi connectivity index (χ4v) is 3.34. The molecule has 6 heteroatoms. The minimum Gasteiger partial charge on any atom is -0.444 e. The van der Waals surface area contributed by atoms with Crippen molar-refractivity contribution in [2.24, 2.45) is 0 Å². The molecule has 0 aromatic heterocycles. The van der Waals surface area contributed by atoms with Gasteiger partial charge in [0.15, 0.2) is 11.6 Å². The van der Waals surface area contributed by atoms with Gasteiger partial charge in [-0.25, -0.2) is 13.6 Å². The van der Waals surface area contributed by atoms with Crippen LogP contribution in [0.4, 0.5) is 13.6 Å². The van der Waals surface area contributed by atoms with Crippen molar-refractivity contribution in [3.8, 4) is 0 Å². The molecule has 1 amide bonds. The van der Waals surface area contributed by atoms with E-state index in [2.05, 4.69) is 0 Å². The van der Waals surface area contributed by atoms with Crippen molar-refractivity contribution in [2.75, 3.05) is 13.2 Å². The van der Waals surface area contributed by atoms with Crippen LogP contribution in [0.25, 0.3) is 0 Å². The van der Waals surface area contributed by atoms with Gasteiger partial charge in [-0.3, -0.25) is 4.90 Å². The highest BCUT2D eigenvalue weighted by Gasteiger charge is 2.39. The van der Waals surface area contributed by atoms with Gasteiger partial charge in [-0.05, 0) is 45.2 Å². The number of benzene rings is 1. The number of hydrogen-bond donors (Lipinski definition) is 0. The molecule has 4 nitrogen and oxygen atoms in total. The Balaban J connectivity index is 1.79. The Kier molecular flexibility index (Phi) is 4.82. The zero-order valence-corrected chi connectivity index (χ0v) is 14.7. The van der Waals surface area contributed by atoms with Gasteiger partial charge in [-0.1, -0.05) is 23.8 Å². The summed E-state index contributed by atoms with van der Waals surface area (Å²) in [6.45, 7) is 6.28. The first-order valence-electron chi connectivity index (χ1n) is 8.46. The summed E-state index contributed by atoms with van der Waals surface area (Å²) in [5, 5.41) is 0. The van der Waals surface area contributed by atoms with E-state index in [1.807, 2.05) is 26.8 Å². The highest BCUT2D eigenvalue weighted by Crippen LogP contribution is 2.31. The zero-order valence-electron chi connectivity index (χ0n) is 14.7. The molecule has 0 aliphatic carbocycles. The average Bonchev–Trinajstić information content (AvgIpc) is 2.49. The normalized spacial score (nSPS) is 23.2. The van der Waals surface area contributed by atoms with Crippen LogP contribution in [0.1, 0.15) is 32.8 Å². The molecule has 0 saturated carbocycles. The Morgan fingerprint density at radius 2 is 2.08 bits per heavy atom. The van der Waals surface area contributed by atoms with E-state index in [1.54, 1.807) is 11.0 Å². The molecule has 1 aromatic carbocycles.